The summed E-state index contributed by atoms with van der Waals surface area (Å²) in [6.45, 7) is 0. The average molecular weight is 244 g/mol. The van der Waals surface area contributed by atoms with Crippen LogP contribution < -0.4 is 10.5 Å². The third-order valence-electron chi connectivity index (χ3n) is 2.97. The Bertz CT molecular complexity index is 342. The van der Waals surface area contributed by atoms with Crippen LogP contribution in [0, 0.1) is 5.92 Å². The lowest BCUT2D eigenvalue weighted by Crippen LogP contribution is -2.28. The second-order valence-electron chi connectivity index (χ2n) is 4.10. The number of aliphatic hydroxyl groups excluding tert-OH is 1. The summed E-state index contributed by atoms with van der Waals surface area (Å²) in [7, 11) is 1.62. The molecule has 2 atom stereocenters. The molecule has 0 aromatic heterocycles. The molecule has 0 spiro atoms. The van der Waals surface area contributed by atoms with Gasteiger partial charge in [0.15, 0.2) is 0 Å². The molecule has 1 fully saturated rings. The summed E-state index contributed by atoms with van der Waals surface area (Å²) < 4.78 is 5.23. The van der Waals surface area contributed by atoms with E-state index in [0.717, 1.165) is 24.2 Å². The first-order chi connectivity index (χ1) is 7.24. The molecule has 2 rings (SSSR count). The summed E-state index contributed by atoms with van der Waals surface area (Å²) in [6, 6.07) is 7.26. The number of ether oxygens (including phenoxy) is 1. The SMILES string of the molecule is COc1ccccc1[C@H](N)[C@H](O)C1CC1.Cl. The lowest BCUT2D eigenvalue weighted by atomic mass is 9.98. The van der Waals surface area contributed by atoms with Crippen molar-refractivity contribution in [3.05, 3.63) is 29.8 Å². The van der Waals surface area contributed by atoms with Crippen LogP contribution >= 0.6 is 12.4 Å². The third kappa shape index (κ3) is 2.67. The zero-order chi connectivity index (χ0) is 10.8. The number of benzene rings is 1. The van der Waals surface area contributed by atoms with Crippen LogP contribution in [0.25, 0.3) is 0 Å². The number of nitrogens with two attached hydrogens (primary N) is 1. The Balaban J connectivity index is 0.00000128. The molecule has 1 aromatic carbocycles. The number of halogens is 1. The van der Waals surface area contributed by atoms with Gasteiger partial charge in [-0.15, -0.1) is 12.4 Å². The molecule has 0 aliphatic heterocycles. The maximum Gasteiger partial charge on any atom is 0.123 e. The van der Waals surface area contributed by atoms with Gasteiger partial charge >= 0.3 is 0 Å². The van der Waals surface area contributed by atoms with Gasteiger partial charge in [0.2, 0.25) is 0 Å². The van der Waals surface area contributed by atoms with E-state index < -0.39 is 6.10 Å². The molecule has 0 radical (unpaired) electrons. The van der Waals surface area contributed by atoms with E-state index >= 15 is 0 Å². The highest BCUT2D eigenvalue weighted by Crippen LogP contribution is 2.38. The molecule has 0 unspecified atom stereocenters. The van der Waals surface area contributed by atoms with E-state index in [2.05, 4.69) is 0 Å². The maximum absolute atomic E-state index is 9.95. The Kier molecular flexibility index (Phi) is 4.59. The largest absolute Gasteiger partial charge is 0.496 e. The quantitative estimate of drug-likeness (QED) is 0.849. The monoisotopic (exact) mass is 243 g/mol. The van der Waals surface area contributed by atoms with E-state index in [-0.39, 0.29) is 18.4 Å². The number of hydrogen-bond acceptors (Lipinski definition) is 3. The summed E-state index contributed by atoms with van der Waals surface area (Å²) in [4.78, 5) is 0. The zero-order valence-corrected chi connectivity index (χ0v) is 10.1. The van der Waals surface area contributed by atoms with E-state index in [9.17, 15) is 5.11 Å². The topological polar surface area (TPSA) is 55.5 Å². The second-order valence-corrected chi connectivity index (χ2v) is 4.10. The molecule has 0 heterocycles. The first-order valence-electron chi connectivity index (χ1n) is 5.30. The molecule has 90 valence electrons. The van der Waals surface area contributed by atoms with Crippen LogP contribution in [0.5, 0.6) is 5.75 Å². The van der Waals surface area contributed by atoms with Crippen LogP contribution in [0.4, 0.5) is 0 Å². The minimum absolute atomic E-state index is 0. The summed E-state index contributed by atoms with van der Waals surface area (Å²) >= 11 is 0. The minimum Gasteiger partial charge on any atom is -0.496 e. The van der Waals surface area contributed by atoms with Crippen molar-refractivity contribution in [3.63, 3.8) is 0 Å². The Morgan fingerprint density at radius 1 is 1.38 bits per heavy atom. The maximum atomic E-state index is 9.95. The van der Waals surface area contributed by atoms with Crippen LogP contribution in [-0.2, 0) is 0 Å². The lowest BCUT2D eigenvalue weighted by Gasteiger charge is -2.20. The van der Waals surface area contributed by atoms with Crippen LogP contribution in [0.2, 0.25) is 0 Å². The molecule has 1 aliphatic carbocycles. The van der Waals surface area contributed by atoms with Gasteiger partial charge in [-0.05, 0) is 24.8 Å². The van der Waals surface area contributed by atoms with Gasteiger partial charge in [0, 0.05) is 5.56 Å². The zero-order valence-electron chi connectivity index (χ0n) is 9.30. The van der Waals surface area contributed by atoms with Crippen molar-refractivity contribution >= 4 is 12.4 Å². The van der Waals surface area contributed by atoms with Crippen molar-refractivity contribution in [1.29, 1.82) is 0 Å². The normalized spacial score (nSPS) is 18.4. The van der Waals surface area contributed by atoms with E-state index in [0.29, 0.717) is 5.92 Å². The van der Waals surface area contributed by atoms with Gasteiger partial charge in [0.1, 0.15) is 5.75 Å². The Hall–Kier alpha value is -0.770. The van der Waals surface area contributed by atoms with Crippen molar-refractivity contribution in [2.24, 2.45) is 11.7 Å². The summed E-state index contributed by atoms with van der Waals surface area (Å²) in [5.41, 5.74) is 6.91. The molecular formula is C12H18ClNO2. The molecule has 0 bridgehead atoms. The van der Waals surface area contributed by atoms with Gasteiger partial charge in [0.25, 0.3) is 0 Å². The molecule has 4 heteroatoms. The highest BCUT2D eigenvalue weighted by atomic mass is 35.5. The molecule has 1 saturated carbocycles. The lowest BCUT2D eigenvalue weighted by molar-refractivity contribution is 0.121. The molecule has 0 amide bonds. The molecule has 1 aliphatic rings. The van der Waals surface area contributed by atoms with Crippen LogP contribution in [0.3, 0.4) is 0 Å². The van der Waals surface area contributed by atoms with Crippen molar-refractivity contribution in [2.45, 2.75) is 25.0 Å². The van der Waals surface area contributed by atoms with Crippen LogP contribution in [0.15, 0.2) is 24.3 Å². The predicted octanol–water partition coefficient (Wildman–Crippen LogP) is 1.89. The third-order valence-corrected chi connectivity index (χ3v) is 2.97. The first-order valence-corrected chi connectivity index (χ1v) is 5.30. The van der Waals surface area contributed by atoms with E-state index in [1.165, 1.54) is 0 Å². The Morgan fingerprint density at radius 2 is 2.00 bits per heavy atom. The van der Waals surface area contributed by atoms with Crippen molar-refractivity contribution in [2.75, 3.05) is 7.11 Å². The fourth-order valence-corrected chi connectivity index (χ4v) is 1.86. The smallest absolute Gasteiger partial charge is 0.123 e. The fourth-order valence-electron chi connectivity index (χ4n) is 1.86. The Labute approximate surface area is 102 Å². The van der Waals surface area contributed by atoms with Gasteiger partial charge in [0.05, 0.1) is 19.3 Å². The average Bonchev–Trinajstić information content (AvgIpc) is 3.11. The fraction of sp³-hybridized carbons (Fsp3) is 0.500. The standard InChI is InChI=1S/C12H17NO2.ClH/c1-15-10-5-3-2-4-9(10)11(13)12(14)8-6-7-8;/h2-5,8,11-12,14H,6-7,13H2,1H3;1H/t11-,12+;/m0./s1. The van der Waals surface area contributed by atoms with Gasteiger partial charge in [-0.2, -0.15) is 0 Å². The van der Waals surface area contributed by atoms with Crippen molar-refractivity contribution in [3.8, 4) is 5.75 Å². The molecule has 3 N–H and O–H groups in total. The number of hydrogen-bond donors (Lipinski definition) is 2. The highest BCUT2D eigenvalue weighted by Gasteiger charge is 2.35. The van der Waals surface area contributed by atoms with Gasteiger partial charge in [-0.25, -0.2) is 0 Å². The molecule has 16 heavy (non-hydrogen) atoms. The van der Waals surface area contributed by atoms with Crippen molar-refractivity contribution in [1.82, 2.24) is 0 Å². The van der Waals surface area contributed by atoms with Gasteiger partial charge in [-0.3, -0.25) is 0 Å². The second kappa shape index (κ2) is 5.53. The summed E-state index contributed by atoms with van der Waals surface area (Å²) in [5.74, 6) is 1.13. The summed E-state index contributed by atoms with van der Waals surface area (Å²) in [5, 5.41) is 9.95. The van der Waals surface area contributed by atoms with Gasteiger partial charge < -0.3 is 15.6 Å². The van der Waals surface area contributed by atoms with Crippen LogP contribution in [-0.4, -0.2) is 18.3 Å². The predicted molar refractivity (Wildman–Crippen MR) is 65.9 cm³/mol. The van der Waals surface area contributed by atoms with Crippen molar-refractivity contribution < 1.29 is 9.84 Å². The number of rotatable bonds is 4. The van der Waals surface area contributed by atoms with E-state index in [1.807, 2.05) is 24.3 Å². The van der Waals surface area contributed by atoms with Crippen LogP contribution in [0.1, 0.15) is 24.4 Å². The number of methoxy groups -OCH3 is 1. The molecule has 3 nitrogen and oxygen atoms in total. The summed E-state index contributed by atoms with van der Waals surface area (Å²) in [6.07, 6.45) is 1.73. The van der Waals surface area contributed by atoms with E-state index in [4.69, 9.17) is 10.5 Å². The number of para-hydroxylation sites is 1. The Morgan fingerprint density at radius 3 is 2.56 bits per heavy atom. The molecule has 0 saturated heterocycles. The minimum atomic E-state index is -0.443. The van der Waals surface area contributed by atoms with E-state index in [1.54, 1.807) is 7.11 Å². The molecule has 1 aromatic rings. The first kappa shape index (κ1) is 13.3. The number of aliphatic hydroxyl groups is 1. The highest BCUT2D eigenvalue weighted by molar-refractivity contribution is 5.85. The van der Waals surface area contributed by atoms with Gasteiger partial charge in [-0.1, -0.05) is 18.2 Å². The molecular weight excluding hydrogens is 226 g/mol.